The SMILES string of the molecule is Nc1nc2ccccc2c2nc(-c3cscc3O)nn12.O=C1CCCCCN1. The van der Waals surface area contributed by atoms with Crippen molar-refractivity contribution in [2.75, 3.05) is 12.3 Å². The molecule has 4 heterocycles. The Balaban J connectivity index is 0.000000203. The average molecular weight is 396 g/mol. The number of anilines is 1. The van der Waals surface area contributed by atoms with E-state index >= 15 is 0 Å². The highest BCUT2D eigenvalue weighted by Gasteiger charge is 2.15. The Morgan fingerprint density at radius 2 is 2.00 bits per heavy atom. The van der Waals surface area contributed by atoms with E-state index < -0.39 is 0 Å². The molecule has 4 aromatic rings. The van der Waals surface area contributed by atoms with Gasteiger partial charge in [0.1, 0.15) is 5.75 Å². The van der Waals surface area contributed by atoms with Gasteiger partial charge in [-0.05, 0) is 25.0 Å². The van der Waals surface area contributed by atoms with Crippen molar-refractivity contribution in [1.29, 1.82) is 0 Å². The maximum absolute atomic E-state index is 10.6. The molecule has 0 unspecified atom stereocenters. The van der Waals surface area contributed by atoms with E-state index in [0.717, 1.165) is 36.7 Å². The number of nitrogen functional groups attached to an aromatic ring is 1. The molecule has 4 N–H and O–H groups in total. The van der Waals surface area contributed by atoms with Crippen LogP contribution >= 0.6 is 11.3 Å². The Bertz CT molecular complexity index is 1130. The number of hydrogen-bond donors (Lipinski definition) is 3. The van der Waals surface area contributed by atoms with Gasteiger partial charge in [0.2, 0.25) is 11.9 Å². The number of aromatic hydroxyl groups is 1. The first-order valence-electron chi connectivity index (χ1n) is 9.06. The van der Waals surface area contributed by atoms with Crippen molar-refractivity contribution in [2.45, 2.75) is 25.7 Å². The van der Waals surface area contributed by atoms with Crippen molar-refractivity contribution in [3.8, 4) is 17.1 Å². The first-order valence-corrected chi connectivity index (χ1v) is 10.0. The lowest BCUT2D eigenvalue weighted by atomic mass is 10.2. The fraction of sp³-hybridized carbons (Fsp3) is 0.263. The zero-order chi connectivity index (χ0) is 19.5. The molecular formula is C19H20N6O2S. The van der Waals surface area contributed by atoms with Crippen molar-refractivity contribution < 1.29 is 9.90 Å². The topological polar surface area (TPSA) is 118 Å². The molecule has 3 aromatic heterocycles. The number of aromatic nitrogens is 4. The summed E-state index contributed by atoms with van der Waals surface area (Å²) in [6, 6.07) is 7.61. The van der Waals surface area contributed by atoms with Crippen LogP contribution in [0.25, 0.3) is 27.9 Å². The maximum atomic E-state index is 10.6. The molecule has 1 amide bonds. The van der Waals surface area contributed by atoms with E-state index in [9.17, 15) is 9.90 Å². The smallest absolute Gasteiger partial charge is 0.223 e. The maximum Gasteiger partial charge on any atom is 0.223 e. The number of amides is 1. The van der Waals surface area contributed by atoms with Crippen molar-refractivity contribution in [3.63, 3.8) is 0 Å². The van der Waals surface area contributed by atoms with Gasteiger partial charge in [0.25, 0.3) is 0 Å². The Morgan fingerprint density at radius 3 is 2.82 bits per heavy atom. The summed E-state index contributed by atoms with van der Waals surface area (Å²) in [4.78, 5) is 19.4. The number of benzene rings is 1. The highest BCUT2D eigenvalue weighted by Crippen LogP contribution is 2.31. The van der Waals surface area contributed by atoms with Gasteiger partial charge >= 0.3 is 0 Å². The molecular weight excluding hydrogens is 376 g/mol. The second kappa shape index (κ2) is 7.81. The van der Waals surface area contributed by atoms with Gasteiger partial charge in [0.05, 0.1) is 11.1 Å². The fourth-order valence-corrected chi connectivity index (χ4v) is 3.74. The third-order valence-corrected chi connectivity index (χ3v) is 5.22. The number of nitrogens with zero attached hydrogens (tertiary/aromatic N) is 4. The lowest BCUT2D eigenvalue weighted by Gasteiger charge is -2.00. The molecule has 0 radical (unpaired) electrons. The molecule has 1 aliphatic heterocycles. The molecule has 8 nitrogen and oxygen atoms in total. The minimum Gasteiger partial charge on any atom is -0.506 e. The largest absolute Gasteiger partial charge is 0.506 e. The second-order valence-electron chi connectivity index (χ2n) is 6.49. The van der Waals surface area contributed by atoms with Gasteiger partial charge in [-0.1, -0.05) is 18.6 Å². The summed E-state index contributed by atoms with van der Waals surface area (Å²) in [5.74, 6) is 1.10. The van der Waals surface area contributed by atoms with Crippen LogP contribution in [0.5, 0.6) is 5.75 Å². The third kappa shape index (κ3) is 3.61. The third-order valence-electron chi connectivity index (χ3n) is 4.49. The van der Waals surface area contributed by atoms with Gasteiger partial charge in [-0.15, -0.1) is 16.4 Å². The van der Waals surface area contributed by atoms with Gasteiger partial charge in [0.15, 0.2) is 11.5 Å². The molecule has 0 saturated carbocycles. The number of fused-ring (bicyclic) bond motifs is 3. The number of carbonyl (C=O) groups is 1. The van der Waals surface area contributed by atoms with Gasteiger partial charge in [0, 0.05) is 29.1 Å². The van der Waals surface area contributed by atoms with Crippen LogP contribution in [0, 0.1) is 0 Å². The van der Waals surface area contributed by atoms with E-state index in [2.05, 4.69) is 20.4 Å². The molecule has 0 spiro atoms. The Hall–Kier alpha value is -3.20. The van der Waals surface area contributed by atoms with Gasteiger partial charge in [-0.3, -0.25) is 4.79 Å². The van der Waals surface area contributed by atoms with Crippen LogP contribution in [0.2, 0.25) is 0 Å². The average Bonchev–Trinajstić information content (AvgIpc) is 3.25. The summed E-state index contributed by atoms with van der Waals surface area (Å²) in [7, 11) is 0. The zero-order valence-electron chi connectivity index (χ0n) is 15.1. The van der Waals surface area contributed by atoms with Crippen LogP contribution in [-0.2, 0) is 4.79 Å². The molecule has 1 saturated heterocycles. The summed E-state index contributed by atoms with van der Waals surface area (Å²) in [5.41, 5.74) is 7.92. The number of hydrogen-bond acceptors (Lipinski definition) is 7. The van der Waals surface area contributed by atoms with Crippen molar-refractivity contribution in [1.82, 2.24) is 24.9 Å². The van der Waals surface area contributed by atoms with E-state index in [0.29, 0.717) is 17.0 Å². The fourth-order valence-electron chi connectivity index (χ4n) is 3.05. The quantitative estimate of drug-likeness (QED) is 0.455. The van der Waals surface area contributed by atoms with E-state index in [4.69, 9.17) is 5.73 Å². The molecule has 144 valence electrons. The Morgan fingerprint density at radius 1 is 1.14 bits per heavy atom. The summed E-state index contributed by atoms with van der Waals surface area (Å²) in [5, 5.41) is 21.2. The van der Waals surface area contributed by atoms with Crippen molar-refractivity contribution >= 4 is 39.7 Å². The highest BCUT2D eigenvalue weighted by molar-refractivity contribution is 7.08. The van der Waals surface area contributed by atoms with Crippen LogP contribution in [0.15, 0.2) is 35.0 Å². The molecule has 1 fully saturated rings. The van der Waals surface area contributed by atoms with Crippen LogP contribution in [-0.4, -0.2) is 37.1 Å². The van der Waals surface area contributed by atoms with E-state index in [1.54, 1.807) is 10.8 Å². The first kappa shape index (κ1) is 18.2. The predicted octanol–water partition coefficient (Wildman–Crippen LogP) is 2.97. The normalized spacial score (nSPS) is 14.4. The molecule has 28 heavy (non-hydrogen) atoms. The molecule has 0 atom stereocenters. The lowest BCUT2D eigenvalue weighted by molar-refractivity contribution is -0.120. The van der Waals surface area contributed by atoms with Crippen molar-refractivity contribution in [3.05, 3.63) is 35.0 Å². The summed E-state index contributed by atoms with van der Waals surface area (Å²) in [6.45, 7) is 0.888. The number of carbonyl (C=O) groups excluding carboxylic acids is 1. The molecule has 9 heteroatoms. The number of nitrogens with one attached hydrogen (secondary N) is 1. The first-order chi connectivity index (χ1) is 13.6. The molecule has 1 aromatic carbocycles. The summed E-state index contributed by atoms with van der Waals surface area (Å²) in [6.07, 6.45) is 4.18. The zero-order valence-corrected chi connectivity index (χ0v) is 15.9. The van der Waals surface area contributed by atoms with Crippen LogP contribution in [0.1, 0.15) is 25.7 Å². The summed E-state index contributed by atoms with van der Waals surface area (Å²) < 4.78 is 1.49. The monoisotopic (exact) mass is 396 g/mol. The number of rotatable bonds is 1. The lowest BCUT2D eigenvalue weighted by Crippen LogP contribution is -2.21. The Labute approximate surface area is 165 Å². The van der Waals surface area contributed by atoms with E-state index in [-0.39, 0.29) is 17.6 Å². The number of thiophene rings is 1. The molecule has 5 rings (SSSR count). The predicted molar refractivity (Wildman–Crippen MR) is 109 cm³/mol. The molecule has 0 aliphatic carbocycles. The summed E-state index contributed by atoms with van der Waals surface area (Å²) >= 11 is 1.39. The van der Waals surface area contributed by atoms with Crippen molar-refractivity contribution in [2.24, 2.45) is 0 Å². The minimum absolute atomic E-state index is 0.168. The van der Waals surface area contributed by atoms with E-state index in [1.807, 2.05) is 24.3 Å². The van der Waals surface area contributed by atoms with Gasteiger partial charge in [-0.2, -0.15) is 4.52 Å². The molecule has 1 aliphatic rings. The van der Waals surface area contributed by atoms with Crippen LogP contribution < -0.4 is 11.1 Å². The van der Waals surface area contributed by atoms with E-state index in [1.165, 1.54) is 22.3 Å². The van der Waals surface area contributed by atoms with Crippen LogP contribution in [0.4, 0.5) is 5.95 Å². The highest BCUT2D eigenvalue weighted by atomic mass is 32.1. The second-order valence-corrected chi connectivity index (χ2v) is 7.23. The van der Waals surface area contributed by atoms with Gasteiger partial charge in [-0.25, -0.2) is 9.97 Å². The number of para-hydroxylation sites is 1. The standard InChI is InChI=1S/C13H9N5OS.C6H11NO/c14-13-15-9-4-2-1-3-7(9)12-16-11(17-18(12)13)8-5-20-6-10(8)19;8-6-4-2-1-3-5-7-6/h1-6,19H,(H2,14,15);1-5H2,(H,7,8). The van der Waals surface area contributed by atoms with Crippen LogP contribution in [0.3, 0.4) is 0 Å². The van der Waals surface area contributed by atoms with Gasteiger partial charge < -0.3 is 16.2 Å². The minimum atomic E-state index is 0.168. The molecule has 0 bridgehead atoms. The number of nitrogens with two attached hydrogens (primary N) is 1. The Kier molecular flexibility index (Phi) is 5.07.